The molecule has 1 aromatic carbocycles. The van der Waals surface area contributed by atoms with Crippen LogP contribution in [-0.2, 0) is 23.8 Å². The Morgan fingerprint density at radius 1 is 1.10 bits per heavy atom. The predicted octanol–water partition coefficient (Wildman–Crippen LogP) is 3.87. The minimum absolute atomic E-state index is 0.0134. The predicted molar refractivity (Wildman–Crippen MR) is 100 cm³/mol. The molecular weight excluding hydrogens is 424 g/mol. The van der Waals surface area contributed by atoms with Gasteiger partial charge in [-0.05, 0) is 48.9 Å². The van der Waals surface area contributed by atoms with Crippen LogP contribution in [0, 0.1) is 23.4 Å². The van der Waals surface area contributed by atoms with E-state index in [2.05, 4.69) is 4.98 Å². The number of piperidine rings is 1. The van der Waals surface area contributed by atoms with Crippen LogP contribution in [0.25, 0.3) is 0 Å². The maximum absolute atomic E-state index is 13.8. The van der Waals surface area contributed by atoms with Gasteiger partial charge in [-0.2, -0.15) is 13.2 Å². The smallest absolute Gasteiger partial charge is 0.342 e. The molecule has 1 aromatic heterocycles. The number of carbonyl (C=O) groups is 1. The molecule has 2 aromatic rings. The lowest BCUT2D eigenvalue weighted by Gasteiger charge is -2.35. The van der Waals surface area contributed by atoms with Gasteiger partial charge < -0.3 is 10.6 Å². The molecule has 0 bridgehead atoms. The van der Waals surface area contributed by atoms with Gasteiger partial charge in [-0.3, -0.25) is 4.79 Å². The fourth-order valence-corrected chi connectivity index (χ4v) is 3.72. The summed E-state index contributed by atoms with van der Waals surface area (Å²) < 4.78 is 78.6. The number of carbonyl (C=O) groups excluding carboxylic acids is 1. The van der Waals surface area contributed by atoms with E-state index < -0.39 is 35.4 Å². The molecule has 1 saturated heterocycles. The van der Waals surface area contributed by atoms with Crippen molar-refractivity contribution in [3.05, 3.63) is 64.7 Å². The summed E-state index contributed by atoms with van der Waals surface area (Å²) in [5.74, 6) is -3.69. The zero-order chi connectivity index (χ0) is 22.8. The molecule has 31 heavy (non-hydrogen) atoms. The lowest BCUT2D eigenvalue weighted by Crippen LogP contribution is -2.44. The Kier molecular flexibility index (Phi) is 6.88. The molecule has 2 N–H and O–H groups in total. The average Bonchev–Trinajstić information content (AvgIpc) is 2.71. The largest absolute Gasteiger partial charge is 0.433 e. The third-order valence-electron chi connectivity index (χ3n) is 5.47. The number of benzene rings is 1. The molecule has 0 saturated carbocycles. The Morgan fingerprint density at radius 2 is 1.74 bits per heavy atom. The highest BCUT2D eigenvalue weighted by Gasteiger charge is 2.33. The van der Waals surface area contributed by atoms with Crippen LogP contribution in [0.5, 0.6) is 0 Å². The second-order valence-corrected chi connectivity index (χ2v) is 7.63. The van der Waals surface area contributed by atoms with Crippen LogP contribution in [0.1, 0.15) is 29.8 Å². The highest BCUT2D eigenvalue weighted by Crippen LogP contribution is 2.28. The molecule has 1 aliphatic rings. The number of aromatic nitrogens is 1. The molecule has 0 unspecified atom stereocenters. The number of alkyl halides is 3. The van der Waals surface area contributed by atoms with Gasteiger partial charge in [-0.15, -0.1) is 0 Å². The van der Waals surface area contributed by atoms with E-state index in [1.165, 1.54) is 17.0 Å². The van der Waals surface area contributed by atoms with Crippen molar-refractivity contribution in [3.63, 3.8) is 0 Å². The van der Waals surface area contributed by atoms with E-state index >= 15 is 0 Å². The number of nitrogens with two attached hydrogens (primary N) is 1. The van der Waals surface area contributed by atoms with Crippen molar-refractivity contribution >= 4 is 5.91 Å². The molecule has 10 heteroatoms. The third kappa shape index (κ3) is 5.75. The maximum atomic E-state index is 13.8. The molecule has 1 amide bonds. The van der Waals surface area contributed by atoms with Crippen LogP contribution in [-0.4, -0.2) is 34.9 Å². The van der Waals surface area contributed by atoms with Crippen molar-refractivity contribution in [2.75, 3.05) is 13.1 Å². The third-order valence-corrected chi connectivity index (χ3v) is 5.47. The van der Waals surface area contributed by atoms with Crippen LogP contribution in [0.4, 0.5) is 26.3 Å². The lowest BCUT2D eigenvalue weighted by molar-refractivity contribution is -0.141. The van der Waals surface area contributed by atoms with Gasteiger partial charge in [-0.25, -0.2) is 18.2 Å². The summed E-state index contributed by atoms with van der Waals surface area (Å²) in [6, 6.07) is 4.19. The second kappa shape index (κ2) is 9.25. The molecule has 4 nitrogen and oxygen atoms in total. The van der Waals surface area contributed by atoms with E-state index in [9.17, 15) is 31.1 Å². The summed E-state index contributed by atoms with van der Waals surface area (Å²) in [7, 11) is 0. The van der Waals surface area contributed by atoms with Crippen molar-refractivity contribution in [2.45, 2.75) is 37.9 Å². The number of rotatable bonds is 5. The highest BCUT2D eigenvalue weighted by molar-refractivity contribution is 5.78. The normalized spacial score (nSPS) is 16.4. The minimum atomic E-state index is -4.58. The van der Waals surface area contributed by atoms with E-state index in [1.807, 2.05) is 0 Å². The number of halogens is 6. The number of hydrogen-bond acceptors (Lipinski definition) is 3. The standard InChI is InChI=1S/C21H21F6N3O/c22-15-11-17(24)16(23)8-13(15)9-18(28)12-4-6-30(7-5-12)20(31)10-14-2-1-3-19(29-14)21(25,26)27/h1-3,8,11-12,18H,4-7,9-10,28H2/t18-/m1/s1. The van der Waals surface area contributed by atoms with E-state index in [-0.39, 0.29) is 35.9 Å². The zero-order valence-corrected chi connectivity index (χ0v) is 16.4. The topological polar surface area (TPSA) is 59.2 Å². The Bertz CT molecular complexity index is 941. The molecule has 0 spiro atoms. The van der Waals surface area contributed by atoms with Gasteiger partial charge in [-0.1, -0.05) is 6.07 Å². The first-order valence-electron chi connectivity index (χ1n) is 9.74. The van der Waals surface area contributed by atoms with Crippen molar-refractivity contribution in [1.29, 1.82) is 0 Å². The quantitative estimate of drug-likeness (QED) is 0.562. The Morgan fingerprint density at radius 3 is 2.39 bits per heavy atom. The van der Waals surface area contributed by atoms with Gasteiger partial charge in [0.25, 0.3) is 0 Å². The zero-order valence-electron chi connectivity index (χ0n) is 16.4. The van der Waals surface area contributed by atoms with Gasteiger partial charge >= 0.3 is 6.18 Å². The van der Waals surface area contributed by atoms with Gasteiger partial charge in [0.2, 0.25) is 5.91 Å². The van der Waals surface area contributed by atoms with E-state index in [0.717, 1.165) is 12.1 Å². The fraction of sp³-hybridized carbons (Fsp3) is 0.429. The maximum Gasteiger partial charge on any atom is 0.433 e. The molecule has 1 atom stereocenters. The SMILES string of the molecule is N[C@H](Cc1cc(F)c(F)cc1F)C1CCN(C(=O)Cc2cccc(C(F)(F)F)n2)CC1. The lowest BCUT2D eigenvalue weighted by atomic mass is 9.86. The number of amides is 1. The molecule has 0 aliphatic carbocycles. The molecular formula is C21H21F6N3O. The molecule has 1 fully saturated rings. The Labute approximate surface area is 175 Å². The Hall–Kier alpha value is -2.62. The summed E-state index contributed by atoms with van der Waals surface area (Å²) in [6.07, 6.45) is -3.79. The summed E-state index contributed by atoms with van der Waals surface area (Å²) in [4.78, 5) is 17.5. The molecule has 168 valence electrons. The van der Waals surface area contributed by atoms with Crippen molar-refractivity contribution in [1.82, 2.24) is 9.88 Å². The van der Waals surface area contributed by atoms with Crippen LogP contribution < -0.4 is 5.73 Å². The van der Waals surface area contributed by atoms with Crippen LogP contribution >= 0.6 is 0 Å². The van der Waals surface area contributed by atoms with E-state index in [1.54, 1.807) is 0 Å². The van der Waals surface area contributed by atoms with Gasteiger partial charge in [0.05, 0.1) is 12.1 Å². The number of pyridine rings is 1. The number of nitrogens with zero attached hydrogens (tertiary/aromatic N) is 2. The van der Waals surface area contributed by atoms with Crippen LogP contribution in [0.2, 0.25) is 0 Å². The summed E-state index contributed by atoms with van der Waals surface area (Å²) in [5.41, 5.74) is 5.11. The Balaban J connectivity index is 1.54. The first-order chi connectivity index (χ1) is 14.5. The van der Waals surface area contributed by atoms with Crippen LogP contribution in [0.15, 0.2) is 30.3 Å². The van der Waals surface area contributed by atoms with Crippen molar-refractivity contribution in [2.24, 2.45) is 11.7 Å². The van der Waals surface area contributed by atoms with Gasteiger partial charge in [0.1, 0.15) is 11.5 Å². The van der Waals surface area contributed by atoms with Crippen molar-refractivity contribution < 1.29 is 31.1 Å². The second-order valence-electron chi connectivity index (χ2n) is 7.63. The van der Waals surface area contributed by atoms with E-state index in [0.29, 0.717) is 32.0 Å². The number of likely N-dealkylation sites (tertiary alicyclic amines) is 1. The monoisotopic (exact) mass is 445 g/mol. The molecule has 1 aliphatic heterocycles. The van der Waals surface area contributed by atoms with Gasteiger partial charge in [0, 0.05) is 25.2 Å². The summed E-state index contributed by atoms with van der Waals surface area (Å²) >= 11 is 0. The van der Waals surface area contributed by atoms with E-state index in [4.69, 9.17) is 5.73 Å². The molecule has 0 radical (unpaired) electrons. The molecule has 3 rings (SSSR count). The average molecular weight is 445 g/mol. The number of hydrogen-bond donors (Lipinski definition) is 1. The minimum Gasteiger partial charge on any atom is -0.342 e. The summed E-state index contributed by atoms with van der Waals surface area (Å²) in [6.45, 7) is 0.687. The first kappa shape index (κ1) is 23.1. The highest BCUT2D eigenvalue weighted by atomic mass is 19.4. The summed E-state index contributed by atoms with van der Waals surface area (Å²) in [5, 5.41) is 0. The van der Waals surface area contributed by atoms with Crippen LogP contribution in [0.3, 0.4) is 0 Å². The first-order valence-corrected chi connectivity index (χ1v) is 9.74. The van der Waals surface area contributed by atoms with Crippen molar-refractivity contribution in [3.8, 4) is 0 Å². The molecule has 2 heterocycles. The fourth-order valence-electron chi connectivity index (χ4n) is 3.72. The van der Waals surface area contributed by atoms with Gasteiger partial charge in [0.15, 0.2) is 11.6 Å².